The summed E-state index contributed by atoms with van der Waals surface area (Å²) in [6.07, 6.45) is 1.56. The Morgan fingerprint density at radius 3 is 2.76 bits per heavy atom. The molecule has 0 unspecified atom stereocenters. The molecule has 0 fully saturated rings. The number of ether oxygens (including phenoxy) is 1. The summed E-state index contributed by atoms with van der Waals surface area (Å²) in [6.45, 7) is 3.94. The maximum absolute atomic E-state index is 12.0. The molecule has 0 aliphatic carbocycles. The molecule has 2 aromatic carbocycles. The molecule has 0 radical (unpaired) electrons. The molecule has 0 saturated carbocycles. The minimum atomic E-state index is -0.225. The number of nitrogens with zero attached hydrogens (tertiary/aromatic N) is 1. The minimum Gasteiger partial charge on any atom is -0.484 e. The summed E-state index contributed by atoms with van der Waals surface area (Å²) in [7, 11) is 0. The number of hydrogen-bond acceptors (Lipinski definition) is 4. The van der Waals surface area contributed by atoms with Crippen molar-refractivity contribution in [1.82, 2.24) is 5.43 Å². The zero-order chi connectivity index (χ0) is 18.2. The van der Waals surface area contributed by atoms with Crippen molar-refractivity contribution >= 4 is 35.1 Å². The SMILES string of the molecule is Cc1ccc(NC(=O)COc2cccc(/C=N\NC(N)=S)c2)cc1C. The molecule has 0 atom stereocenters. The lowest BCUT2D eigenvalue weighted by atomic mass is 10.1. The Kier molecular flexibility index (Phi) is 6.47. The van der Waals surface area contributed by atoms with Gasteiger partial charge in [-0.2, -0.15) is 5.10 Å². The van der Waals surface area contributed by atoms with E-state index in [9.17, 15) is 4.79 Å². The maximum atomic E-state index is 12.0. The summed E-state index contributed by atoms with van der Waals surface area (Å²) >= 11 is 4.66. The van der Waals surface area contributed by atoms with Gasteiger partial charge >= 0.3 is 0 Å². The van der Waals surface area contributed by atoms with E-state index in [0.29, 0.717) is 5.75 Å². The summed E-state index contributed by atoms with van der Waals surface area (Å²) in [5, 5.41) is 6.78. The zero-order valence-electron chi connectivity index (χ0n) is 14.1. The van der Waals surface area contributed by atoms with E-state index >= 15 is 0 Å². The Bertz CT molecular complexity index is 805. The number of amides is 1. The molecule has 0 bridgehead atoms. The van der Waals surface area contributed by atoms with Crippen molar-refractivity contribution in [3.8, 4) is 5.75 Å². The molecule has 6 nitrogen and oxygen atoms in total. The van der Waals surface area contributed by atoms with Crippen molar-refractivity contribution in [1.29, 1.82) is 0 Å². The van der Waals surface area contributed by atoms with Gasteiger partial charge in [0.1, 0.15) is 5.75 Å². The molecule has 2 aromatic rings. The van der Waals surface area contributed by atoms with E-state index in [1.54, 1.807) is 24.4 Å². The number of benzene rings is 2. The molecule has 4 N–H and O–H groups in total. The lowest BCUT2D eigenvalue weighted by molar-refractivity contribution is -0.118. The van der Waals surface area contributed by atoms with Crippen LogP contribution in [0, 0.1) is 13.8 Å². The number of aryl methyl sites for hydroxylation is 2. The van der Waals surface area contributed by atoms with Crippen LogP contribution in [0.5, 0.6) is 5.75 Å². The first kappa shape index (κ1) is 18.4. The van der Waals surface area contributed by atoms with Crippen molar-refractivity contribution in [2.75, 3.05) is 11.9 Å². The Morgan fingerprint density at radius 1 is 1.24 bits per heavy atom. The van der Waals surface area contributed by atoms with Crippen LogP contribution in [-0.4, -0.2) is 23.8 Å². The van der Waals surface area contributed by atoms with Gasteiger partial charge < -0.3 is 15.8 Å². The van der Waals surface area contributed by atoms with Gasteiger partial charge in [0.25, 0.3) is 5.91 Å². The molecule has 25 heavy (non-hydrogen) atoms. The van der Waals surface area contributed by atoms with Crippen LogP contribution in [0.3, 0.4) is 0 Å². The molecular weight excluding hydrogens is 336 g/mol. The highest BCUT2D eigenvalue weighted by molar-refractivity contribution is 7.80. The van der Waals surface area contributed by atoms with Gasteiger partial charge in [-0.3, -0.25) is 10.2 Å². The second kappa shape index (κ2) is 8.79. The van der Waals surface area contributed by atoms with Gasteiger partial charge in [0.05, 0.1) is 6.21 Å². The Morgan fingerprint density at radius 2 is 2.04 bits per heavy atom. The minimum absolute atomic E-state index is 0.0847. The van der Waals surface area contributed by atoms with Gasteiger partial charge in [-0.25, -0.2) is 0 Å². The monoisotopic (exact) mass is 356 g/mol. The van der Waals surface area contributed by atoms with Gasteiger partial charge in [0.15, 0.2) is 11.7 Å². The fraction of sp³-hybridized carbons (Fsp3) is 0.167. The van der Waals surface area contributed by atoms with Crippen molar-refractivity contribution in [2.45, 2.75) is 13.8 Å². The molecule has 7 heteroatoms. The Labute approximate surface area is 152 Å². The number of thiocarbonyl (C=S) groups is 1. The summed E-state index contributed by atoms with van der Waals surface area (Å²) in [6, 6.07) is 12.9. The number of hydrogen-bond donors (Lipinski definition) is 3. The highest BCUT2D eigenvalue weighted by Gasteiger charge is 2.05. The van der Waals surface area contributed by atoms with Gasteiger partial charge in [-0.05, 0) is 67.0 Å². The van der Waals surface area contributed by atoms with Crippen LogP contribution < -0.4 is 21.2 Å². The molecule has 130 valence electrons. The normalized spacial score (nSPS) is 10.5. The van der Waals surface area contributed by atoms with Crippen molar-refractivity contribution in [3.63, 3.8) is 0 Å². The summed E-state index contributed by atoms with van der Waals surface area (Å²) in [5.74, 6) is 0.340. The van der Waals surface area contributed by atoms with Gasteiger partial charge in [-0.15, -0.1) is 0 Å². The van der Waals surface area contributed by atoms with Gasteiger partial charge in [0, 0.05) is 5.69 Å². The lowest BCUT2D eigenvalue weighted by Crippen LogP contribution is -2.24. The quantitative estimate of drug-likeness (QED) is 0.420. The second-order valence-corrected chi connectivity index (χ2v) is 5.88. The molecule has 0 heterocycles. The molecule has 0 aromatic heterocycles. The molecule has 1 amide bonds. The van der Waals surface area contributed by atoms with Crippen molar-refractivity contribution in [2.24, 2.45) is 10.8 Å². The standard InChI is InChI=1S/C18H20N4O2S/c1-12-6-7-15(8-13(12)2)21-17(23)11-24-16-5-3-4-14(9-16)10-20-22-18(19)25/h3-10H,11H2,1-2H3,(H,21,23)(H3,19,22,25)/b20-10-. The van der Waals surface area contributed by atoms with E-state index in [4.69, 9.17) is 10.5 Å². The van der Waals surface area contributed by atoms with E-state index < -0.39 is 0 Å². The Balaban J connectivity index is 1.89. The second-order valence-electron chi connectivity index (χ2n) is 5.44. The number of nitrogens with one attached hydrogen (secondary N) is 2. The third kappa shape index (κ3) is 6.23. The van der Waals surface area contributed by atoms with Crippen LogP contribution in [0.1, 0.15) is 16.7 Å². The highest BCUT2D eigenvalue weighted by Crippen LogP contribution is 2.15. The van der Waals surface area contributed by atoms with E-state index in [0.717, 1.165) is 16.8 Å². The van der Waals surface area contributed by atoms with E-state index in [-0.39, 0.29) is 17.6 Å². The highest BCUT2D eigenvalue weighted by atomic mass is 32.1. The van der Waals surface area contributed by atoms with E-state index in [1.807, 2.05) is 38.1 Å². The number of carbonyl (C=O) groups is 1. The first-order valence-corrected chi connectivity index (χ1v) is 8.03. The number of rotatable bonds is 6. The van der Waals surface area contributed by atoms with Crippen LogP contribution in [0.4, 0.5) is 5.69 Å². The molecular formula is C18H20N4O2S. The lowest BCUT2D eigenvalue weighted by Gasteiger charge is -2.09. The summed E-state index contributed by atoms with van der Waals surface area (Å²) < 4.78 is 5.52. The topological polar surface area (TPSA) is 88.7 Å². The number of nitrogens with two attached hydrogens (primary N) is 1. The molecule has 0 aliphatic rings. The fourth-order valence-corrected chi connectivity index (χ4v) is 2.07. The van der Waals surface area contributed by atoms with Crippen LogP contribution in [0.25, 0.3) is 0 Å². The largest absolute Gasteiger partial charge is 0.484 e. The van der Waals surface area contributed by atoms with Crippen LogP contribution >= 0.6 is 12.2 Å². The zero-order valence-corrected chi connectivity index (χ0v) is 14.9. The van der Waals surface area contributed by atoms with Crippen molar-refractivity contribution < 1.29 is 9.53 Å². The Hall–Kier alpha value is -2.93. The number of anilines is 1. The van der Waals surface area contributed by atoms with E-state index in [1.165, 1.54) is 5.56 Å². The average molecular weight is 356 g/mol. The first-order chi connectivity index (χ1) is 11.9. The summed E-state index contributed by atoms with van der Waals surface area (Å²) in [5.41, 5.74) is 11.6. The molecule has 0 aliphatic heterocycles. The fourth-order valence-electron chi connectivity index (χ4n) is 2.02. The molecule has 2 rings (SSSR count). The average Bonchev–Trinajstić information content (AvgIpc) is 2.56. The van der Waals surface area contributed by atoms with Crippen LogP contribution in [0.2, 0.25) is 0 Å². The van der Waals surface area contributed by atoms with Crippen molar-refractivity contribution in [3.05, 3.63) is 59.2 Å². The third-order valence-electron chi connectivity index (χ3n) is 3.41. The van der Waals surface area contributed by atoms with Crippen LogP contribution in [-0.2, 0) is 4.79 Å². The predicted octanol–water partition coefficient (Wildman–Crippen LogP) is 2.49. The third-order valence-corrected chi connectivity index (χ3v) is 3.50. The molecule has 0 spiro atoms. The van der Waals surface area contributed by atoms with Gasteiger partial charge in [0.2, 0.25) is 0 Å². The maximum Gasteiger partial charge on any atom is 0.262 e. The smallest absolute Gasteiger partial charge is 0.262 e. The number of hydrazone groups is 1. The van der Waals surface area contributed by atoms with Crippen LogP contribution in [0.15, 0.2) is 47.6 Å². The summed E-state index contributed by atoms with van der Waals surface area (Å²) in [4.78, 5) is 12.0. The first-order valence-electron chi connectivity index (χ1n) is 7.62. The number of carbonyl (C=O) groups excluding carboxylic acids is 1. The van der Waals surface area contributed by atoms with E-state index in [2.05, 4.69) is 28.1 Å². The predicted molar refractivity (Wildman–Crippen MR) is 104 cm³/mol. The molecule has 0 saturated heterocycles. The van der Waals surface area contributed by atoms with Gasteiger partial charge in [-0.1, -0.05) is 18.2 Å².